The second-order valence-corrected chi connectivity index (χ2v) is 6.58. The first-order valence-electron chi connectivity index (χ1n) is 6.93. The van der Waals surface area contributed by atoms with E-state index in [9.17, 15) is 4.79 Å². The van der Waals surface area contributed by atoms with Gasteiger partial charge in [-0.3, -0.25) is 4.79 Å². The summed E-state index contributed by atoms with van der Waals surface area (Å²) in [7, 11) is 0. The van der Waals surface area contributed by atoms with Gasteiger partial charge in [-0.05, 0) is 29.5 Å². The van der Waals surface area contributed by atoms with Crippen molar-refractivity contribution in [2.45, 2.75) is 34.1 Å². The Bertz CT molecular complexity index is 564. The fraction of sp³-hybridized carbons (Fsp3) is 0.471. The van der Waals surface area contributed by atoms with E-state index < -0.39 is 0 Å². The zero-order valence-electron chi connectivity index (χ0n) is 13.0. The SMILES string of the molecule is CC(CC(=O)Nc1cc(C#CCO)ccc1Cl)C(C)(C)C. The fourth-order valence-corrected chi connectivity index (χ4v) is 1.79. The Morgan fingerprint density at radius 1 is 1.43 bits per heavy atom. The van der Waals surface area contributed by atoms with Gasteiger partial charge in [0.25, 0.3) is 0 Å². The van der Waals surface area contributed by atoms with Crippen LogP contribution in [0.5, 0.6) is 0 Å². The molecule has 3 nitrogen and oxygen atoms in total. The molecule has 0 spiro atoms. The number of carbonyl (C=O) groups excluding carboxylic acids is 1. The first-order valence-corrected chi connectivity index (χ1v) is 7.31. The molecule has 1 aromatic carbocycles. The lowest BCUT2D eigenvalue weighted by Crippen LogP contribution is -2.24. The monoisotopic (exact) mass is 307 g/mol. The van der Waals surface area contributed by atoms with Crippen molar-refractivity contribution in [3.63, 3.8) is 0 Å². The van der Waals surface area contributed by atoms with Crippen molar-refractivity contribution < 1.29 is 9.90 Å². The van der Waals surface area contributed by atoms with Crippen molar-refractivity contribution in [1.82, 2.24) is 0 Å². The average molecular weight is 308 g/mol. The third kappa shape index (κ3) is 5.79. The van der Waals surface area contributed by atoms with Crippen LogP contribution in [0.1, 0.15) is 39.7 Å². The normalized spacial score (nSPS) is 12.3. The van der Waals surface area contributed by atoms with Gasteiger partial charge < -0.3 is 10.4 Å². The van der Waals surface area contributed by atoms with E-state index in [1.54, 1.807) is 18.2 Å². The third-order valence-electron chi connectivity index (χ3n) is 3.52. The zero-order valence-corrected chi connectivity index (χ0v) is 13.7. The van der Waals surface area contributed by atoms with Crippen LogP contribution in [0.15, 0.2) is 18.2 Å². The van der Waals surface area contributed by atoms with E-state index in [2.05, 4.69) is 44.9 Å². The molecule has 114 valence electrons. The highest BCUT2D eigenvalue weighted by Crippen LogP contribution is 2.29. The Hall–Kier alpha value is -1.50. The van der Waals surface area contributed by atoms with Crippen molar-refractivity contribution in [1.29, 1.82) is 0 Å². The predicted molar refractivity (Wildman–Crippen MR) is 87.3 cm³/mol. The van der Waals surface area contributed by atoms with Crippen molar-refractivity contribution in [2.75, 3.05) is 11.9 Å². The lowest BCUT2D eigenvalue weighted by atomic mass is 9.80. The number of amides is 1. The van der Waals surface area contributed by atoms with Crippen LogP contribution in [0.2, 0.25) is 5.02 Å². The molecule has 0 aliphatic carbocycles. The number of benzene rings is 1. The van der Waals surface area contributed by atoms with Crippen LogP contribution in [-0.4, -0.2) is 17.6 Å². The molecule has 0 aliphatic heterocycles. The van der Waals surface area contributed by atoms with Gasteiger partial charge in [0.15, 0.2) is 0 Å². The Kier molecular flexibility index (Phi) is 6.26. The molecule has 1 aromatic rings. The van der Waals surface area contributed by atoms with Crippen molar-refractivity contribution in [2.24, 2.45) is 11.3 Å². The number of aliphatic hydroxyl groups is 1. The van der Waals surface area contributed by atoms with Crippen molar-refractivity contribution in [3.8, 4) is 11.8 Å². The van der Waals surface area contributed by atoms with Gasteiger partial charge in [0.1, 0.15) is 6.61 Å². The van der Waals surface area contributed by atoms with Crippen molar-refractivity contribution in [3.05, 3.63) is 28.8 Å². The Morgan fingerprint density at radius 3 is 2.67 bits per heavy atom. The first-order chi connectivity index (χ1) is 9.74. The number of halogens is 1. The Balaban J connectivity index is 2.80. The molecule has 21 heavy (non-hydrogen) atoms. The minimum Gasteiger partial charge on any atom is -0.384 e. The van der Waals surface area contributed by atoms with E-state index in [0.717, 1.165) is 0 Å². The topological polar surface area (TPSA) is 49.3 Å². The molecule has 0 saturated heterocycles. The molecule has 0 fully saturated rings. The summed E-state index contributed by atoms with van der Waals surface area (Å²) in [6, 6.07) is 5.15. The van der Waals surface area contributed by atoms with Gasteiger partial charge in [0.05, 0.1) is 10.7 Å². The van der Waals surface area contributed by atoms with E-state index in [1.807, 2.05) is 0 Å². The number of anilines is 1. The smallest absolute Gasteiger partial charge is 0.224 e. The molecule has 0 bridgehead atoms. The number of carbonyl (C=O) groups is 1. The van der Waals surface area contributed by atoms with E-state index in [4.69, 9.17) is 16.7 Å². The van der Waals surface area contributed by atoms with Gasteiger partial charge in [-0.1, -0.05) is 51.1 Å². The summed E-state index contributed by atoms with van der Waals surface area (Å²) in [5.41, 5.74) is 1.33. The van der Waals surface area contributed by atoms with E-state index >= 15 is 0 Å². The number of hydrogen-bond donors (Lipinski definition) is 2. The van der Waals surface area contributed by atoms with E-state index in [1.165, 1.54) is 0 Å². The van der Waals surface area contributed by atoms with Gasteiger partial charge in [-0.2, -0.15) is 0 Å². The molecule has 0 saturated carbocycles. The van der Waals surface area contributed by atoms with Crippen LogP contribution in [-0.2, 0) is 4.79 Å². The molecule has 0 aliphatic rings. The summed E-state index contributed by atoms with van der Waals surface area (Å²) >= 11 is 6.09. The van der Waals surface area contributed by atoms with Crippen LogP contribution < -0.4 is 5.32 Å². The first kappa shape index (κ1) is 17.6. The summed E-state index contributed by atoms with van der Waals surface area (Å²) in [5, 5.41) is 12.0. The molecule has 1 unspecified atom stereocenters. The zero-order chi connectivity index (χ0) is 16.0. The standard InChI is InChI=1S/C17H22ClNO2/c1-12(17(2,3)4)10-16(21)19-15-11-13(6-5-9-20)7-8-14(15)18/h7-8,11-12,20H,9-10H2,1-4H3,(H,19,21). The maximum Gasteiger partial charge on any atom is 0.224 e. The summed E-state index contributed by atoms with van der Waals surface area (Å²) in [6.45, 7) is 8.20. The lowest BCUT2D eigenvalue weighted by molar-refractivity contribution is -0.117. The summed E-state index contributed by atoms with van der Waals surface area (Å²) < 4.78 is 0. The third-order valence-corrected chi connectivity index (χ3v) is 3.85. The molecule has 1 amide bonds. The predicted octanol–water partition coefficient (Wildman–Crippen LogP) is 3.69. The summed E-state index contributed by atoms with van der Waals surface area (Å²) in [4.78, 5) is 12.1. The minimum atomic E-state index is -0.201. The maximum absolute atomic E-state index is 12.1. The van der Waals surface area contributed by atoms with Gasteiger partial charge in [-0.25, -0.2) is 0 Å². The molecular formula is C17H22ClNO2. The highest BCUT2D eigenvalue weighted by Gasteiger charge is 2.22. The molecule has 1 rings (SSSR count). The highest BCUT2D eigenvalue weighted by molar-refractivity contribution is 6.33. The van der Waals surface area contributed by atoms with Crippen LogP contribution >= 0.6 is 11.6 Å². The van der Waals surface area contributed by atoms with Crippen molar-refractivity contribution >= 4 is 23.2 Å². The maximum atomic E-state index is 12.1. The van der Waals surface area contributed by atoms with Crippen LogP contribution in [0.3, 0.4) is 0 Å². The number of rotatable bonds is 3. The molecular weight excluding hydrogens is 286 g/mol. The van der Waals surface area contributed by atoms with E-state index in [-0.39, 0.29) is 23.8 Å². The highest BCUT2D eigenvalue weighted by atomic mass is 35.5. The summed E-state index contributed by atoms with van der Waals surface area (Å²) in [6.07, 6.45) is 0.437. The van der Waals surface area contributed by atoms with Gasteiger partial charge in [0.2, 0.25) is 5.91 Å². The second-order valence-electron chi connectivity index (χ2n) is 6.17. The van der Waals surface area contributed by atoms with Gasteiger partial charge in [-0.15, -0.1) is 0 Å². The van der Waals surface area contributed by atoms with Crippen LogP contribution in [0.4, 0.5) is 5.69 Å². The Labute approximate surface area is 131 Å². The lowest BCUT2D eigenvalue weighted by Gasteiger charge is -2.26. The molecule has 0 radical (unpaired) electrons. The number of aliphatic hydroxyl groups excluding tert-OH is 1. The van der Waals surface area contributed by atoms with Crippen LogP contribution in [0, 0.1) is 23.2 Å². The van der Waals surface area contributed by atoms with Crippen LogP contribution in [0.25, 0.3) is 0 Å². The quantitative estimate of drug-likeness (QED) is 0.837. The van der Waals surface area contributed by atoms with E-state index in [0.29, 0.717) is 22.7 Å². The molecule has 1 atom stereocenters. The van der Waals surface area contributed by atoms with Gasteiger partial charge >= 0.3 is 0 Å². The number of hydrogen-bond acceptors (Lipinski definition) is 2. The molecule has 0 aromatic heterocycles. The largest absolute Gasteiger partial charge is 0.384 e. The molecule has 2 N–H and O–H groups in total. The minimum absolute atomic E-state index is 0.0633. The van der Waals surface area contributed by atoms with Gasteiger partial charge in [0, 0.05) is 12.0 Å². The fourth-order valence-electron chi connectivity index (χ4n) is 1.63. The molecule has 0 heterocycles. The summed E-state index contributed by atoms with van der Waals surface area (Å²) in [5.74, 6) is 5.55. The molecule has 4 heteroatoms. The average Bonchev–Trinajstić information content (AvgIpc) is 2.38. The second kappa shape index (κ2) is 7.49. The Morgan fingerprint density at radius 2 is 2.10 bits per heavy atom. The number of nitrogens with one attached hydrogen (secondary N) is 1.